The van der Waals surface area contributed by atoms with E-state index in [0.29, 0.717) is 18.9 Å². The highest BCUT2D eigenvalue weighted by atomic mass is 79.9. The fourth-order valence-electron chi connectivity index (χ4n) is 1.86. The van der Waals surface area contributed by atoms with E-state index in [0.717, 1.165) is 21.6 Å². The van der Waals surface area contributed by atoms with Gasteiger partial charge in [-0.1, -0.05) is 0 Å². The van der Waals surface area contributed by atoms with Gasteiger partial charge in [0.25, 0.3) is 0 Å². The van der Waals surface area contributed by atoms with Gasteiger partial charge in [0.15, 0.2) is 0 Å². The zero-order valence-electron chi connectivity index (χ0n) is 10.9. The lowest BCUT2D eigenvalue weighted by Crippen LogP contribution is -2.09. The topological polar surface area (TPSA) is 71.2 Å². The molecule has 102 valence electrons. The Morgan fingerprint density at radius 1 is 1.37 bits per heavy atom. The second-order valence-electron chi connectivity index (χ2n) is 4.32. The number of halogens is 1. The molecule has 1 atom stereocenters. The van der Waals surface area contributed by atoms with Crippen LogP contribution in [0.3, 0.4) is 0 Å². The third-order valence-corrected chi connectivity index (χ3v) is 3.17. The lowest BCUT2D eigenvalue weighted by atomic mass is 10.1. The third kappa shape index (κ3) is 3.78. The zero-order valence-corrected chi connectivity index (χ0v) is 12.4. The molecular weight excluding hydrogens is 310 g/mol. The molecule has 0 spiro atoms. The number of rotatable bonds is 5. The summed E-state index contributed by atoms with van der Waals surface area (Å²) in [5, 5.41) is 13.2. The maximum Gasteiger partial charge on any atom is 0.222 e. The van der Waals surface area contributed by atoms with Crippen molar-refractivity contribution in [2.24, 2.45) is 0 Å². The molecule has 0 aliphatic rings. The molecule has 1 unspecified atom stereocenters. The first-order chi connectivity index (χ1) is 9.06. The molecule has 0 aliphatic carbocycles. The Balaban J connectivity index is 1.85. The fourth-order valence-corrected chi connectivity index (χ4v) is 2.07. The highest BCUT2D eigenvalue weighted by molar-refractivity contribution is 9.10. The Bertz CT molecular complexity index is 539. The molecule has 0 radical (unpaired) electrons. The van der Waals surface area contributed by atoms with Crippen molar-refractivity contribution in [2.75, 3.05) is 11.9 Å². The minimum absolute atomic E-state index is 0.541. The van der Waals surface area contributed by atoms with Crippen LogP contribution in [-0.4, -0.2) is 21.6 Å². The SMILES string of the molecule is Cc1cc(C(O)CCNc2ncc(Br)cn2)c(C)o1. The fraction of sp³-hybridized carbons (Fsp3) is 0.385. The zero-order chi connectivity index (χ0) is 13.8. The molecule has 0 saturated carbocycles. The molecule has 0 saturated heterocycles. The highest BCUT2D eigenvalue weighted by Crippen LogP contribution is 2.23. The lowest BCUT2D eigenvalue weighted by molar-refractivity contribution is 0.169. The normalized spacial score (nSPS) is 12.4. The Kier molecular flexibility index (Phi) is 4.55. The second-order valence-corrected chi connectivity index (χ2v) is 5.24. The summed E-state index contributed by atoms with van der Waals surface area (Å²) >= 11 is 3.27. The summed E-state index contributed by atoms with van der Waals surface area (Å²) in [5.41, 5.74) is 0.844. The smallest absolute Gasteiger partial charge is 0.222 e. The van der Waals surface area contributed by atoms with Gasteiger partial charge in [-0.05, 0) is 42.3 Å². The van der Waals surface area contributed by atoms with Crippen LogP contribution >= 0.6 is 15.9 Å². The molecule has 0 fully saturated rings. The molecule has 0 bridgehead atoms. The predicted octanol–water partition coefficient (Wildman–Crippen LogP) is 2.98. The van der Waals surface area contributed by atoms with Crippen LogP contribution in [-0.2, 0) is 0 Å². The quantitative estimate of drug-likeness (QED) is 0.884. The van der Waals surface area contributed by atoms with E-state index < -0.39 is 6.10 Å². The van der Waals surface area contributed by atoms with E-state index in [1.54, 1.807) is 12.4 Å². The minimum Gasteiger partial charge on any atom is -0.466 e. The summed E-state index contributed by atoms with van der Waals surface area (Å²) in [6.07, 6.45) is 3.38. The third-order valence-electron chi connectivity index (χ3n) is 2.76. The van der Waals surface area contributed by atoms with Gasteiger partial charge in [-0.15, -0.1) is 0 Å². The summed E-state index contributed by atoms with van der Waals surface area (Å²) < 4.78 is 6.24. The first kappa shape index (κ1) is 14.0. The second kappa shape index (κ2) is 6.16. The molecule has 0 aromatic carbocycles. The highest BCUT2D eigenvalue weighted by Gasteiger charge is 2.14. The number of furan rings is 1. The summed E-state index contributed by atoms with van der Waals surface area (Å²) in [6.45, 7) is 4.32. The van der Waals surface area contributed by atoms with Crippen LogP contribution in [0.5, 0.6) is 0 Å². The largest absolute Gasteiger partial charge is 0.466 e. The molecule has 19 heavy (non-hydrogen) atoms. The molecule has 2 aromatic heterocycles. The average Bonchev–Trinajstić information content (AvgIpc) is 2.71. The average molecular weight is 326 g/mol. The lowest BCUT2D eigenvalue weighted by Gasteiger charge is -2.10. The van der Waals surface area contributed by atoms with Crippen LogP contribution in [0.15, 0.2) is 27.3 Å². The summed E-state index contributed by atoms with van der Waals surface area (Å²) in [6, 6.07) is 1.87. The number of aromatic nitrogens is 2. The van der Waals surface area contributed by atoms with Crippen LogP contribution in [0.1, 0.15) is 29.6 Å². The van der Waals surface area contributed by atoms with Gasteiger partial charge in [0.1, 0.15) is 11.5 Å². The van der Waals surface area contributed by atoms with E-state index in [1.807, 2.05) is 19.9 Å². The molecule has 2 rings (SSSR count). The molecular formula is C13H16BrN3O2. The number of aryl methyl sites for hydroxylation is 2. The van der Waals surface area contributed by atoms with Gasteiger partial charge in [0.2, 0.25) is 5.95 Å². The minimum atomic E-state index is -0.541. The molecule has 2 N–H and O–H groups in total. The number of aliphatic hydroxyl groups is 1. The molecule has 6 heteroatoms. The maximum atomic E-state index is 10.1. The molecule has 2 aromatic rings. The Hall–Kier alpha value is -1.40. The number of nitrogens with one attached hydrogen (secondary N) is 1. The van der Waals surface area contributed by atoms with Crippen molar-refractivity contribution in [1.82, 2.24) is 9.97 Å². The first-order valence-electron chi connectivity index (χ1n) is 6.02. The van der Waals surface area contributed by atoms with Gasteiger partial charge in [-0.3, -0.25) is 0 Å². The Labute approximate surface area is 120 Å². The van der Waals surface area contributed by atoms with Crippen LogP contribution < -0.4 is 5.32 Å². The van der Waals surface area contributed by atoms with Gasteiger partial charge >= 0.3 is 0 Å². The monoisotopic (exact) mass is 325 g/mol. The van der Waals surface area contributed by atoms with Gasteiger partial charge in [0, 0.05) is 24.5 Å². The van der Waals surface area contributed by atoms with Crippen molar-refractivity contribution < 1.29 is 9.52 Å². The predicted molar refractivity (Wildman–Crippen MR) is 76.0 cm³/mol. The van der Waals surface area contributed by atoms with Crippen molar-refractivity contribution in [3.8, 4) is 0 Å². The van der Waals surface area contributed by atoms with Crippen LogP contribution in [0, 0.1) is 13.8 Å². The number of hydrogen-bond donors (Lipinski definition) is 2. The van der Waals surface area contributed by atoms with Crippen LogP contribution in [0.2, 0.25) is 0 Å². The van der Waals surface area contributed by atoms with E-state index >= 15 is 0 Å². The van der Waals surface area contributed by atoms with Crippen LogP contribution in [0.25, 0.3) is 0 Å². The Morgan fingerprint density at radius 3 is 2.63 bits per heavy atom. The molecule has 2 heterocycles. The first-order valence-corrected chi connectivity index (χ1v) is 6.82. The molecule has 5 nitrogen and oxygen atoms in total. The number of aliphatic hydroxyl groups excluding tert-OH is 1. The van der Waals surface area contributed by atoms with Crippen molar-refractivity contribution in [2.45, 2.75) is 26.4 Å². The van der Waals surface area contributed by atoms with Crippen molar-refractivity contribution in [3.63, 3.8) is 0 Å². The molecule has 0 aliphatic heterocycles. The van der Waals surface area contributed by atoms with Crippen molar-refractivity contribution >= 4 is 21.9 Å². The molecule has 0 amide bonds. The number of hydrogen-bond acceptors (Lipinski definition) is 5. The van der Waals surface area contributed by atoms with E-state index in [4.69, 9.17) is 4.42 Å². The van der Waals surface area contributed by atoms with Gasteiger partial charge in [-0.2, -0.15) is 0 Å². The van der Waals surface area contributed by atoms with Crippen molar-refractivity contribution in [3.05, 3.63) is 40.0 Å². The standard InChI is InChI=1S/C13H16BrN3O2/c1-8-5-11(9(2)19-8)12(18)3-4-15-13-16-6-10(14)7-17-13/h5-7,12,18H,3-4H2,1-2H3,(H,15,16,17). The van der Waals surface area contributed by atoms with E-state index in [1.165, 1.54) is 0 Å². The van der Waals surface area contributed by atoms with Crippen molar-refractivity contribution in [1.29, 1.82) is 0 Å². The summed E-state index contributed by atoms with van der Waals surface area (Å²) in [4.78, 5) is 8.20. The number of nitrogens with zero attached hydrogens (tertiary/aromatic N) is 2. The summed E-state index contributed by atoms with van der Waals surface area (Å²) in [5.74, 6) is 2.14. The van der Waals surface area contributed by atoms with Gasteiger partial charge in [0.05, 0.1) is 10.6 Å². The number of anilines is 1. The van der Waals surface area contributed by atoms with Crippen LogP contribution in [0.4, 0.5) is 5.95 Å². The van der Waals surface area contributed by atoms with E-state index in [9.17, 15) is 5.11 Å². The van der Waals surface area contributed by atoms with Gasteiger partial charge < -0.3 is 14.8 Å². The van der Waals surface area contributed by atoms with Gasteiger partial charge in [-0.25, -0.2) is 9.97 Å². The van der Waals surface area contributed by atoms with E-state index in [-0.39, 0.29) is 0 Å². The van der Waals surface area contributed by atoms with E-state index in [2.05, 4.69) is 31.2 Å². The maximum absolute atomic E-state index is 10.1. The Morgan fingerprint density at radius 2 is 2.05 bits per heavy atom. The summed E-state index contributed by atoms with van der Waals surface area (Å²) in [7, 11) is 0.